The highest BCUT2D eigenvalue weighted by Gasteiger charge is 2.43. The van der Waals surface area contributed by atoms with Gasteiger partial charge in [-0.2, -0.15) is 0 Å². The van der Waals surface area contributed by atoms with Gasteiger partial charge in [-0.05, 0) is 42.3 Å². The predicted octanol–water partition coefficient (Wildman–Crippen LogP) is 1.71. The number of carboxylic acids is 1. The maximum atomic E-state index is 12.6. The highest BCUT2D eigenvalue weighted by atomic mass is 16.4. The maximum Gasteiger partial charge on any atom is 0.335 e. The lowest BCUT2D eigenvalue weighted by Gasteiger charge is -2.22. The molecule has 1 aliphatic rings. The molecule has 1 heterocycles. The fraction of sp³-hybridized carbons (Fsp3) is 0.200. The summed E-state index contributed by atoms with van der Waals surface area (Å²) in [5.74, 6) is -1.67. The van der Waals surface area contributed by atoms with E-state index in [1.807, 2.05) is 0 Å². The molecule has 8 nitrogen and oxygen atoms in total. The van der Waals surface area contributed by atoms with E-state index in [2.05, 4.69) is 10.6 Å². The van der Waals surface area contributed by atoms with Crippen molar-refractivity contribution >= 4 is 23.8 Å². The van der Waals surface area contributed by atoms with Crippen LogP contribution in [0.4, 0.5) is 4.79 Å². The fourth-order valence-corrected chi connectivity index (χ4v) is 3.01. The zero-order valence-corrected chi connectivity index (χ0v) is 15.4. The van der Waals surface area contributed by atoms with Crippen molar-refractivity contribution in [2.24, 2.45) is 0 Å². The van der Waals surface area contributed by atoms with E-state index in [0.717, 1.165) is 5.56 Å². The number of imide groups is 1. The Hall–Kier alpha value is -3.68. The first kappa shape index (κ1) is 19.1. The molecular weight excluding hydrogens is 362 g/mol. The third-order valence-electron chi connectivity index (χ3n) is 4.72. The number of hydrogen-bond donors (Lipinski definition) is 3. The third-order valence-corrected chi connectivity index (χ3v) is 4.72. The van der Waals surface area contributed by atoms with E-state index >= 15 is 0 Å². The zero-order valence-electron chi connectivity index (χ0n) is 15.4. The minimum absolute atomic E-state index is 0.185. The molecular formula is C20H19N3O5. The van der Waals surface area contributed by atoms with Gasteiger partial charge in [-0.25, -0.2) is 9.59 Å². The predicted molar refractivity (Wildman–Crippen MR) is 99.7 cm³/mol. The molecule has 0 aliphatic carbocycles. The Morgan fingerprint density at radius 3 is 2.07 bits per heavy atom. The van der Waals surface area contributed by atoms with Gasteiger partial charge in [-0.1, -0.05) is 24.3 Å². The van der Waals surface area contributed by atoms with Gasteiger partial charge in [0.25, 0.3) is 11.8 Å². The SMILES string of the molecule is CN(Cc1ccc(C(=O)O)cc1)C(=O)c1ccc(C2(C)NC(=O)NC2=O)cc1. The lowest BCUT2D eigenvalue weighted by atomic mass is 9.91. The van der Waals surface area contributed by atoms with E-state index in [0.29, 0.717) is 17.7 Å². The number of carbonyl (C=O) groups excluding carboxylic acids is 3. The number of amides is 4. The second-order valence-electron chi connectivity index (χ2n) is 6.77. The molecule has 1 unspecified atom stereocenters. The van der Waals surface area contributed by atoms with E-state index in [1.165, 1.54) is 17.0 Å². The molecule has 0 spiro atoms. The number of hydrogen-bond acceptors (Lipinski definition) is 4. The Bertz CT molecular complexity index is 953. The smallest absolute Gasteiger partial charge is 0.335 e. The van der Waals surface area contributed by atoms with Crippen molar-refractivity contribution in [2.75, 3.05) is 7.05 Å². The lowest BCUT2D eigenvalue weighted by Crippen LogP contribution is -2.40. The Labute approximate surface area is 161 Å². The molecule has 4 amide bonds. The Morgan fingerprint density at radius 2 is 1.57 bits per heavy atom. The highest BCUT2D eigenvalue weighted by Crippen LogP contribution is 2.25. The molecule has 1 aliphatic heterocycles. The standard InChI is InChI=1S/C20H19N3O5/c1-20(18(27)21-19(28)22-20)15-9-7-13(8-10-15)16(24)23(2)11-12-3-5-14(6-4-12)17(25)26/h3-10H,11H2,1-2H3,(H,25,26)(H2,21,22,27,28). The minimum atomic E-state index is -1.17. The molecule has 2 aromatic carbocycles. The summed E-state index contributed by atoms with van der Waals surface area (Å²) in [6, 6.07) is 12.2. The lowest BCUT2D eigenvalue weighted by molar-refractivity contribution is -0.123. The van der Waals surface area contributed by atoms with Crippen LogP contribution in [-0.4, -0.2) is 40.9 Å². The molecule has 3 rings (SSSR count). The molecule has 0 aromatic heterocycles. The van der Waals surface area contributed by atoms with Crippen LogP contribution in [-0.2, 0) is 16.9 Å². The van der Waals surface area contributed by atoms with Gasteiger partial charge in [-0.3, -0.25) is 14.9 Å². The van der Waals surface area contributed by atoms with Crippen LogP contribution in [0.5, 0.6) is 0 Å². The summed E-state index contributed by atoms with van der Waals surface area (Å²) in [6.45, 7) is 1.91. The molecule has 0 saturated carbocycles. The Morgan fingerprint density at radius 1 is 1.00 bits per heavy atom. The van der Waals surface area contributed by atoms with E-state index in [-0.39, 0.29) is 11.5 Å². The Balaban J connectivity index is 1.71. The number of nitrogens with one attached hydrogen (secondary N) is 2. The molecule has 0 bridgehead atoms. The van der Waals surface area contributed by atoms with Crippen molar-refractivity contribution in [1.29, 1.82) is 0 Å². The number of carbonyl (C=O) groups is 4. The molecule has 1 saturated heterocycles. The highest BCUT2D eigenvalue weighted by molar-refractivity contribution is 6.07. The fourth-order valence-electron chi connectivity index (χ4n) is 3.01. The Kier molecular flexibility index (Phi) is 4.87. The monoisotopic (exact) mass is 381 g/mol. The second kappa shape index (κ2) is 7.15. The van der Waals surface area contributed by atoms with Crippen LogP contribution >= 0.6 is 0 Å². The van der Waals surface area contributed by atoms with Gasteiger partial charge >= 0.3 is 12.0 Å². The van der Waals surface area contributed by atoms with Crippen LogP contribution < -0.4 is 10.6 Å². The van der Waals surface area contributed by atoms with Gasteiger partial charge in [-0.15, -0.1) is 0 Å². The number of nitrogens with zero attached hydrogens (tertiary/aromatic N) is 1. The van der Waals surface area contributed by atoms with Crippen LogP contribution in [0.1, 0.15) is 38.8 Å². The number of aromatic carboxylic acids is 1. The molecule has 1 fully saturated rings. The van der Waals surface area contributed by atoms with Crippen LogP contribution in [0.15, 0.2) is 48.5 Å². The van der Waals surface area contributed by atoms with Crippen molar-refractivity contribution < 1.29 is 24.3 Å². The number of benzene rings is 2. The van der Waals surface area contributed by atoms with Gasteiger partial charge in [0, 0.05) is 19.2 Å². The molecule has 1 atom stereocenters. The molecule has 0 radical (unpaired) electrons. The first-order valence-corrected chi connectivity index (χ1v) is 8.52. The average molecular weight is 381 g/mol. The van der Waals surface area contributed by atoms with Crippen LogP contribution in [0.3, 0.4) is 0 Å². The van der Waals surface area contributed by atoms with E-state index in [1.54, 1.807) is 50.4 Å². The van der Waals surface area contributed by atoms with Crippen molar-refractivity contribution in [3.8, 4) is 0 Å². The summed E-state index contributed by atoms with van der Waals surface area (Å²) in [5, 5.41) is 13.7. The van der Waals surface area contributed by atoms with Crippen molar-refractivity contribution in [2.45, 2.75) is 19.0 Å². The summed E-state index contributed by atoms with van der Waals surface area (Å²) in [6.07, 6.45) is 0. The molecule has 8 heteroatoms. The first-order valence-electron chi connectivity index (χ1n) is 8.52. The third kappa shape index (κ3) is 3.57. The van der Waals surface area contributed by atoms with Gasteiger partial charge in [0.15, 0.2) is 0 Å². The topological polar surface area (TPSA) is 116 Å². The molecule has 144 valence electrons. The van der Waals surface area contributed by atoms with Gasteiger partial charge in [0.05, 0.1) is 5.56 Å². The summed E-state index contributed by atoms with van der Waals surface area (Å²) in [5.41, 5.74) is 0.817. The average Bonchev–Trinajstić information content (AvgIpc) is 2.94. The summed E-state index contributed by atoms with van der Waals surface area (Å²) in [7, 11) is 1.65. The normalized spacial score (nSPS) is 18.4. The van der Waals surface area contributed by atoms with Crippen molar-refractivity contribution in [1.82, 2.24) is 15.5 Å². The maximum absolute atomic E-state index is 12.6. The number of urea groups is 1. The summed E-state index contributed by atoms with van der Waals surface area (Å²) >= 11 is 0. The quantitative estimate of drug-likeness (QED) is 0.682. The summed E-state index contributed by atoms with van der Waals surface area (Å²) < 4.78 is 0. The first-order chi connectivity index (χ1) is 13.2. The molecule has 2 aromatic rings. The number of carboxylic acid groups (broad SMARTS) is 1. The minimum Gasteiger partial charge on any atom is -0.478 e. The van der Waals surface area contributed by atoms with Crippen LogP contribution in [0.25, 0.3) is 0 Å². The second-order valence-corrected chi connectivity index (χ2v) is 6.77. The van der Waals surface area contributed by atoms with Crippen LogP contribution in [0, 0.1) is 0 Å². The van der Waals surface area contributed by atoms with Gasteiger partial charge < -0.3 is 15.3 Å². The van der Waals surface area contributed by atoms with E-state index < -0.39 is 23.4 Å². The number of rotatable bonds is 5. The zero-order chi connectivity index (χ0) is 20.5. The van der Waals surface area contributed by atoms with Crippen LogP contribution in [0.2, 0.25) is 0 Å². The summed E-state index contributed by atoms with van der Waals surface area (Å²) in [4.78, 5) is 48.4. The van der Waals surface area contributed by atoms with Gasteiger partial charge in [0.2, 0.25) is 0 Å². The van der Waals surface area contributed by atoms with Crippen molar-refractivity contribution in [3.05, 3.63) is 70.8 Å². The van der Waals surface area contributed by atoms with E-state index in [9.17, 15) is 19.2 Å². The molecule has 28 heavy (non-hydrogen) atoms. The molecule has 3 N–H and O–H groups in total. The largest absolute Gasteiger partial charge is 0.478 e. The van der Waals surface area contributed by atoms with Crippen molar-refractivity contribution in [3.63, 3.8) is 0 Å². The van der Waals surface area contributed by atoms with Gasteiger partial charge in [0.1, 0.15) is 5.54 Å². The van der Waals surface area contributed by atoms with E-state index in [4.69, 9.17) is 5.11 Å².